The van der Waals surface area contributed by atoms with E-state index in [0.717, 1.165) is 0 Å². The molecule has 0 radical (unpaired) electrons. The summed E-state index contributed by atoms with van der Waals surface area (Å²) in [7, 11) is 1.47. The van der Waals surface area contributed by atoms with Gasteiger partial charge in [0.2, 0.25) is 0 Å². The summed E-state index contributed by atoms with van der Waals surface area (Å²) in [5.41, 5.74) is 0.631. The van der Waals surface area contributed by atoms with Crippen LogP contribution in [0.4, 0.5) is 5.69 Å². The topological polar surface area (TPSA) is 77.5 Å². The van der Waals surface area contributed by atoms with Crippen molar-refractivity contribution in [2.45, 2.75) is 13.0 Å². The fourth-order valence-corrected chi connectivity index (χ4v) is 2.35. The average Bonchev–Trinajstić information content (AvgIpc) is 2.55. The Kier molecular flexibility index (Phi) is 6.16. The van der Waals surface area contributed by atoms with Gasteiger partial charge >= 0.3 is 5.97 Å². The van der Waals surface area contributed by atoms with E-state index in [-0.39, 0.29) is 5.56 Å². The van der Waals surface area contributed by atoms with Gasteiger partial charge in [0, 0.05) is 21.9 Å². The third-order valence-electron chi connectivity index (χ3n) is 3.01. The predicted octanol–water partition coefficient (Wildman–Crippen LogP) is 3.69. The van der Waals surface area contributed by atoms with Gasteiger partial charge in [0.15, 0.2) is 6.10 Å². The van der Waals surface area contributed by atoms with Crippen LogP contribution in [0.2, 0.25) is 5.02 Å². The highest BCUT2D eigenvalue weighted by atomic mass is 79.9. The Morgan fingerprint density at radius 2 is 2.04 bits per heavy atom. The van der Waals surface area contributed by atoms with E-state index >= 15 is 0 Å². The molecule has 24 heavy (non-hydrogen) atoms. The molecule has 126 valence electrons. The van der Waals surface area contributed by atoms with Gasteiger partial charge in [-0.05, 0) is 47.1 Å². The molecule has 0 unspecified atom stereocenters. The SMILES string of the molecule is COc1ccc(Cl)cc1NC(=O)[C@H](C)OC(=O)c1cncc(Br)c1. The Bertz CT molecular complexity index is 769. The minimum Gasteiger partial charge on any atom is -0.495 e. The molecule has 8 heteroatoms. The van der Waals surface area contributed by atoms with Crippen molar-refractivity contribution in [2.75, 3.05) is 12.4 Å². The lowest BCUT2D eigenvalue weighted by molar-refractivity contribution is -0.123. The van der Waals surface area contributed by atoms with Gasteiger partial charge in [0.25, 0.3) is 5.91 Å². The first kappa shape index (κ1) is 18.2. The van der Waals surface area contributed by atoms with Crippen LogP contribution in [0.5, 0.6) is 5.75 Å². The van der Waals surface area contributed by atoms with Crippen molar-refractivity contribution in [1.82, 2.24) is 4.98 Å². The molecule has 0 fully saturated rings. The molecule has 0 spiro atoms. The normalized spacial score (nSPS) is 11.5. The third kappa shape index (κ3) is 4.69. The van der Waals surface area contributed by atoms with Crippen molar-refractivity contribution in [2.24, 2.45) is 0 Å². The van der Waals surface area contributed by atoms with E-state index in [1.54, 1.807) is 30.5 Å². The zero-order valence-corrected chi connectivity index (χ0v) is 15.2. The monoisotopic (exact) mass is 412 g/mol. The quantitative estimate of drug-likeness (QED) is 0.757. The van der Waals surface area contributed by atoms with Crippen molar-refractivity contribution in [3.05, 3.63) is 51.7 Å². The minimum absolute atomic E-state index is 0.240. The van der Waals surface area contributed by atoms with Crippen LogP contribution >= 0.6 is 27.5 Å². The van der Waals surface area contributed by atoms with Crippen LogP contribution in [-0.4, -0.2) is 30.1 Å². The second-order valence-corrected chi connectivity index (χ2v) is 6.13. The first-order valence-corrected chi connectivity index (χ1v) is 8.03. The van der Waals surface area contributed by atoms with E-state index in [4.69, 9.17) is 21.1 Å². The summed E-state index contributed by atoms with van der Waals surface area (Å²) in [5, 5.41) is 3.06. The lowest BCUT2D eigenvalue weighted by Gasteiger charge is -2.15. The number of ether oxygens (including phenoxy) is 2. The molecule has 2 aromatic rings. The summed E-state index contributed by atoms with van der Waals surface area (Å²) in [5.74, 6) is -0.709. The van der Waals surface area contributed by atoms with E-state index in [9.17, 15) is 9.59 Å². The molecule has 1 heterocycles. The average molecular weight is 414 g/mol. The second-order valence-electron chi connectivity index (χ2n) is 4.77. The predicted molar refractivity (Wildman–Crippen MR) is 93.4 cm³/mol. The number of methoxy groups -OCH3 is 1. The summed E-state index contributed by atoms with van der Waals surface area (Å²) in [6, 6.07) is 6.37. The van der Waals surface area contributed by atoms with Gasteiger partial charge in [-0.3, -0.25) is 9.78 Å². The first-order chi connectivity index (χ1) is 11.4. The largest absolute Gasteiger partial charge is 0.495 e. The highest BCUT2D eigenvalue weighted by Crippen LogP contribution is 2.27. The highest BCUT2D eigenvalue weighted by Gasteiger charge is 2.20. The number of carbonyl (C=O) groups excluding carboxylic acids is 2. The minimum atomic E-state index is -1.01. The van der Waals surface area contributed by atoms with Crippen molar-refractivity contribution < 1.29 is 19.1 Å². The molecule has 0 aliphatic heterocycles. The summed E-state index contributed by atoms with van der Waals surface area (Å²) >= 11 is 9.13. The van der Waals surface area contributed by atoms with Crippen molar-refractivity contribution in [3.63, 3.8) is 0 Å². The maximum absolute atomic E-state index is 12.2. The van der Waals surface area contributed by atoms with Crippen molar-refractivity contribution >= 4 is 45.1 Å². The lowest BCUT2D eigenvalue weighted by atomic mass is 10.2. The van der Waals surface area contributed by atoms with Crippen LogP contribution in [0.25, 0.3) is 0 Å². The molecule has 0 saturated heterocycles. The van der Waals surface area contributed by atoms with Crippen LogP contribution in [0.15, 0.2) is 41.1 Å². The number of esters is 1. The number of carbonyl (C=O) groups is 2. The number of aromatic nitrogens is 1. The molecule has 0 aliphatic carbocycles. The number of amides is 1. The number of nitrogens with zero attached hydrogens (tertiary/aromatic N) is 1. The number of hydrogen-bond donors (Lipinski definition) is 1. The number of benzene rings is 1. The molecule has 1 aromatic heterocycles. The maximum Gasteiger partial charge on any atom is 0.340 e. The van der Waals surface area contributed by atoms with Gasteiger partial charge in [-0.25, -0.2) is 4.79 Å². The van der Waals surface area contributed by atoms with Crippen LogP contribution in [0, 0.1) is 0 Å². The first-order valence-electron chi connectivity index (χ1n) is 6.86. The van der Waals surface area contributed by atoms with Gasteiger partial charge in [-0.1, -0.05) is 11.6 Å². The lowest BCUT2D eigenvalue weighted by Crippen LogP contribution is -2.30. The van der Waals surface area contributed by atoms with Crippen LogP contribution in [-0.2, 0) is 9.53 Å². The van der Waals surface area contributed by atoms with Crippen molar-refractivity contribution in [3.8, 4) is 5.75 Å². The number of hydrogen-bond acceptors (Lipinski definition) is 5. The summed E-state index contributed by atoms with van der Waals surface area (Å²) < 4.78 is 10.9. The zero-order chi connectivity index (χ0) is 17.7. The number of anilines is 1. The molecule has 1 amide bonds. The highest BCUT2D eigenvalue weighted by molar-refractivity contribution is 9.10. The molecule has 6 nitrogen and oxygen atoms in total. The summed E-state index contributed by atoms with van der Waals surface area (Å²) in [4.78, 5) is 28.1. The Morgan fingerprint density at radius 1 is 1.29 bits per heavy atom. The molecule has 0 aliphatic rings. The molecular formula is C16H14BrClN2O4. The maximum atomic E-state index is 12.2. The Hall–Kier alpha value is -2.12. The number of nitrogens with one attached hydrogen (secondary N) is 1. The number of rotatable bonds is 5. The number of halogens is 2. The molecule has 2 rings (SSSR count). The number of pyridine rings is 1. The molecule has 1 aromatic carbocycles. The fraction of sp³-hybridized carbons (Fsp3) is 0.188. The smallest absolute Gasteiger partial charge is 0.340 e. The third-order valence-corrected chi connectivity index (χ3v) is 3.68. The van der Waals surface area contributed by atoms with Crippen LogP contribution in [0.3, 0.4) is 0 Å². The van der Waals surface area contributed by atoms with E-state index in [1.165, 1.54) is 20.2 Å². The van der Waals surface area contributed by atoms with E-state index in [2.05, 4.69) is 26.2 Å². The summed E-state index contributed by atoms with van der Waals surface area (Å²) in [6.45, 7) is 1.47. The van der Waals surface area contributed by atoms with E-state index in [0.29, 0.717) is 20.9 Å². The van der Waals surface area contributed by atoms with Gasteiger partial charge < -0.3 is 14.8 Å². The van der Waals surface area contributed by atoms with Gasteiger partial charge in [-0.15, -0.1) is 0 Å². The molecule has 0 bridgehead atoms. The van der Waals surface area contributed by atoms with Crippen LogP contribution in [0.1, 0.15) is 17.3 Å². The van der Waals surface area contributed by atoms with Crippen molar-refractivity contribution in [1.29, 1.82) is 0 Å². The standard InChI is InChI=1S/C16H14BrClN2O4/c1-9(24-16(22)10-5-11(17)8-19-7-10)15(21)20-13-6-12(18)3-4-14(13)23-2/h3-9H,1-2H3,(H,20,21)/t9-/m0/s1. The van der Waals surface area contributed by atoms with E-state index < -0.39 is 18.0 Å². The van der Waals surface area contributed by atoms with Crippen LogP contribution < -0.4 is 10.1 Å². The Balaban J connectivity index is 2.05. The van der Waals surface area contributed by atoms with E-state index in [1.807, 2.05) is 0 Å². The summed E-state index contributed by atoms with van der Waals surface area (Å²) in [6.07, 6.45) is 1.89. The van der Waals surface area contributed by atoms with Gasteiger partial charge in [0.1, 0.15) is 5.75 Å². The second kappa shape index (κ2) is 8.12. The Labute approximate surface area is 152 Å². The van der Waals surface area contributed by atoms with Gasteiger partial charge in [-0.2, -0.15) is 0 Å². The van der Waals surface area contributed by atoms with Gasteiger partial charge in [0.05, 0.1) is 18.4 Å². The molecular weight excluding hydrogens is 400 g/mol. The fourth-order valence-electron chi connectivity index (χ4n) is 1.82. The zero-order valence-electron chi connectivity index (χ0n) is 12.9. The molecule has 1 atom stereocenters. The molecule has 0 saturated carbocycles. The Morgan fingerprint density at radius 3 is 2.71 bits per heavy atom. The molecule has 1 N–H and O–H groups in total.